The highest BCUT2D eigenvalue weighted by atomic mass is 32.2. The molecule has 2 fully saturated rings. The molecule has 15 heteroatoms. The Morgan fingerprint density at radius 2 is 1.84 bits per heavy atom. The van der Waals surface area contributed by atoms with Gasteiger partial charge in [-0.25, -0.2) is 13.2 Å². The normalized spacial score (nSPS) is 21.1. The number of carbonyl (C=O) groups excluding carboxylic acids is 2. The van der Waals surface area contributed by atoms with Gasteiger partial charge in [-0.1, -0.05) is 57.0 Å². The molecule has 2 amide bonds. The lowest BCUT2D eigenvalue weighted by Crippen LogP contribution is -2.52. The largest absolute Gasteiger partial charge is 0.454 e. The van der Waals surface area contributed by atoms with E-state index >= 15 is 0 Å². The van der Waals surface area contributed by atoms with E-state index in [2.05, 4.69) is 10.6 Å². The highest BCUT2D eigenvalue weighted by Crippen LogP contribution is 2.36. The number of carbonyl (C=O) groups is 2. The number of unbranched alkanes of at least 4 members (excludes halogenated alkanes) is 2. The number of fused-ring (bicyclic) bond motifs is 2. The molecule has 14 nitrogen and oxygen atoms in total. The highest BCUT2D eigenvalue weighted by Gasteiger charge is 2.44. The average molecular weight is 720 g/mol. The topological polar surface area (TPSA) is 182 Å². The fourth-order valence-electron chi connectivity index (χ4n) is 6.54. The first-order valence-electron chi connectivity index (χ1n) is 17.1. The number of ether oxygens (including phenoxy) is 5. The Hall–Kier alpha value is -3.47. The van der Waals surface area contributed by atoms with Crippen LogP contribution in [0.15, 0.2) is 53.4 Å². The molecule has 0 radical (unpaired) electrons. The summed E-state index contributed by atoms with van der Waals surface area (Å²) in [6.07, 6.45) is 0.925. The summed E-state index contributed by atoms with van der Waals surface area (Å²) < 4.78 is 57.6. The van der Waals surface area contributed by atoms with Crippen LogP contribution in [0.25, 0.3) is 0 Å². The van der Waals surface area contributed by atoms with Gasteiger partial charge in [-0.3, -0.25) is 4.79 Å². The molecule has 2 saturated heterocycles. The Morgan fingerprint density at radius 3 is 2.62 bits per heavy atom. The summed E-state index contributed by atoms with van der Waals surface area (Å²) in [5, 5.41) is 26.1. The zero-order chi connectivity index (χ0) is 35.7. The van der Waals surface area contributed by atoms with Gasteiger partial charge in [0.1, 0.15) is 12.7 Å². The highest BCUT2D eigenvalue weighted by molar-refractivity contribution is 7.89. The number of nitrogens with one attached hydrogen (secondary N) is 2. The van der Waals surface area contributed by atoms with Crippen LogP contribution in [0.1, 0.15) is 51.5 Å². The van der Waals surface area contributed by atoms with Crippen molar-refractivity contribution in [1.29, 1.82) is 0 Å². The van der Waals surface area contributed by atoms with Gasteiger partial charge in [0.15, 0.2) is 17.8 Å². The van der Waals surface area contributed by atoms with Crippen molar-refractivity contribution in [3.05, 3.63) is 54.1 Å². The molecule has 5 atom stereocenters. The number of amides is 2. The summed E-state index contributed by atoms with van der Waals surface area (Å²) in [6, 6.07) is 12.8. The lowest BCUT2D eigenvalue weighted by molar-refractivity contribution is -0.123. The molecule has 4 N–H and O–H groups in total. The number of hydrogen-bond donors (Lipinski definition) is 4. The summed E-state index contributed by atoms with van der Waals surface area (Å²) >= 11 is 0. The van der Waals surface area contributed by atoms with Crippen LogP contribution in [0.2, 0.25) is 0 Å². The van der Waals surface area contributed by atoms with Gasteiger partial charge in [0.2, 0.25) is 22.7 Å². The number of alkyl carbamates (subject to hydrolysis) is 1. The molecule has 2 aromatic rings. The first-order valence-corrected chi connectivity index (χ1v) is 18.6. The molecule has 0 unspecified atom stereocenters. The molecule has 0 aromatic heterocycles. The van der Waals surface area contributed by atoms with E-state index in [1.807, 2.05) is 44.2 Å². The van der Waals surface area contributed by atoms with E-state index in [-0.39, 0.29) is 43.7 Å². The second kappa shape index (κ2) is 17.2. The number of nitrogens with zero attached hydrogens (tertiary/aromatic N) is 1. The van der Waals surface area contributed by atoms with E-state index < -0.39 is 58.6 Å². The van der Waals surface area contributed by atoms with E-state index in [9.17, 15) is 23.1 Å². The molecular formula is C35H49N3O11S. The van der Waals surface area contributed by atoms with Crippen LogP contribution in [0.3, 0.4) is 0 Å². The lowest BCUT2D eigenvalue weighted by Gasteiger charge is -2.35. The van der Waals surface area contributed by atoms with E-state index in [1.165, 1.54) is 16.4 Å². The Kier molecular flexibility index (Phi) is 13.0. The summed E-state index contributed by atoms with van der Waals surface area (Å²) in [5.74, 6) is 0.268. The Balaban J connectivity index is 1.32. The smallest absolute Gasteiger partial charge is 0.407 e. The maximum absolute atomic E-state index is 14.3. The lowest BCUT2D eigenvalue weighted by atomic mass is 9.86. The molecule has 50 heavy (non-hydrogen) atoms. The van der Waals surface area contributed by atoms with Gasteiger partial charge in [-0.2, -0.15) is 4.31 Å². The summed E-state index contributed by atoms with van der Waals surface area (Å²) in [7, 11) is -4.17. The molecule has 3 heterocycles. The molecular weight excluding hydrogens is 670 g/mol. The van der Waals surface area contributed by atoms with Gasteiger partial charge in [0.25, 0.3) is 0 Å². The van der Waals surface area contributed by atoms with E-state index in [0.29, 0.717) is 43.9 Å². The Bertz CT molecular complexity index is 1540. The minimum Gasteiger partial charge on any atom is -0.454 e. The first-order chi connectivity index (χ1) is 23.9. The van der Waals surface area contributed by atoms with E-state index in [1.54, 1.807) is 6.07 Å². The number of aliphatic hydroxyl groups excluding tert-OH is 2. The van der Waals surface area contributed by atoms with Crippen LogP contribution in [0.5, 0.6) is 11.5 Å². The number of hydrogen-bond acceptors (Lipinski definition) is 11. The van der Waals surface area contributed by atoms with Crippen molar-refractivity contribution < 1.29 is 51.9 Å². The molecule has 5 rings (SSSR count). The van der Waals surface area contributed by atoms with Crippen LogP contribution in [0.4, 0.5) is 4.79 Å². The number of benzene rings is 2. The number of rotatable bonds is 18. The van der Waals surface area contributed by atoms with Gasteiger partial charge >= 0.3 is 6.09 Å². The van der Waals surface area contributed by atoms with Crippen molar-refractivity contribution in [2.24, 2.45) is 11.3 Å². The predicted molar refractivity (Wildman–Crippen MR) is 181 cm³/mol. The molecule has 0 bridgehead atoms. The van der Waals surface area contributed by atoms with Gasteiger partial charge in [-0.05, 0) is 48.8 Å². The predicted octanol–water partition coefficient (Wildman–Crippen LogP) is 2.56. The van der Waals surface area contributed by atoms with E-state index in [0.717, 1.165) is 18.4 Å². The van der Waals surface area contributed by atoms with Gasteiger partial charge in [0, 0.05) is 25.7 Å². The van der Waals surface area contributed by atoms with Crippen LogP contribution >= 0.6 is 0 Å². The average Bonchev–Trinajstić information content (AvgIpc) is 3.85. The molecule has 276 valence electrons. The number of sulfonamides is 1. The zero-order valence-corrected chi connectivity index (χ0v) is 29.4. The number of aliphatic hydroxyl groups is 2. The van der Waals surface area contributed by atoms with Crippen molar-refractivity contribution >= 4 is 22.0 Å². The second-order valence-corrected chi connectivity index (χ2v) is 15.7. The Morgan fingerprint density at radius 1 is 1.06 bits per heavy atom. The van der Waals surface area contributed by atoms with Crippen molar-refractivity contribution in [3.63, 3.8) is 0 Å². The maximum atomic E-state index is 14.3. The second-order valence-electron chi connectivity index (χ2n) is 13.8. The molecule has 0 spiro atoms. The minimum atomic E-state index is -4.17. The van der Waals surface area contributed by atoms with Crippen LogP contribution < -0.4 is 20.1 Å². The standard InChI is InChI=1S/C35H49N3O11S/c1-35(2,14-7-4-8-15-36-32(41)20-39)22-38(50(43,44)25-11-12-29-30(18-25)48-23-47-29)19-28(40)27(17-24-9-5-3-6-10-24)37-34(42)49-31-21-46-33-26(31)13-16-45-33/h3,5-6,9-12,18,26-28,31,33,39-40H,4,7-8,13-17,19-23H2,1-2H3,(H,36,41)(H,37,42)/t26-,27-,28+,31-,33+/m0/s1. The van der Waals surface area contributed by atoms with Crippen LogP contribution in [-0.2, 0) is 35.4 Å². The molecule has 3 aliphatic rings. The van der Waals surface area contributed by atoms with Gasteiger partial charge in [-0.15, -0.1) is 0 Å². The summed E-state index contributed by atoms with van der Waals surface area (Å²) in [6.45, 7) is 4.32. The van der Waals surface area contributed by atoms with Crippen LogP contribution in [-0.4, -0.2) is 106 Å². The molecule has 0 saturated carbocycles. The SMILES string of the molecule is CC(C)(CCCCCNC(=O)CO)CN(C[C@@H](O)[C@H](Cc1ccccc1)NC(=O)O[C@H]1CO[C@H]2OCC[C@H]21)S(=O)(=O)c1ccc2c(c1)OCO2. The molecule has 2 aromatic carbocycles. The summed E-state index contributed by atoms with van der Waals surface area (Å²) in [4.78, 5) is 24.6. The first kappa shape index (κ1) is 37.8. The third kappa shape index (κ3) is 10.1. The third-order valence-electron chi connectivity index (χ3n) is 9.28. The third-order valence-corrected chi connectivity index (χ3v) is 11.1. The monoisotopic (exact) mass is 719 g/mol. The van der Waals surface area contributed by atoms with Crippen molar-refractivity contribution in [3.8, 4) is 11.5 Å². The minimum absolute atomic E-state index is 0.00840. The van der Waals surface area contributed by atoms with Crippen molar-refractivity contribution in [1.82, 2.24) is 14.9 Å². The Labute approximate surface area is 293 Å². The zero-order valence-electron chi connectivity index (χ0n) is 28.6. The fraction of sp³-hybridized carbons (Fsp3) is 0.600. The van der Waals surface area contributed by atoms with Crippen molar-refractivity contribution in [2.45, 2.75) is 81.8 Å². The van der Waals surface area contributed by atoms with Crippen LogP contribution in [0, 0.1) is 11.3 Å². The quantitative estimate of drug-likeness (QED) is 0.166. The van der Waals surface area contributed by atoms with Gasteiger partial charge in [0.05, 0.1) is 36.2 Å². The summed E-state index contributed by atoms with van der Waals surface area (Å²) in [5.41, 5.74) is 0.326. The maximum Gasteiger partial charge on any atom is 0.407 e. The molecule has 3 aliphatic heterocycles. The van der Waals surface area contributed by atoms with E-state index in [4.69, 9.17) is 28.8 Å². The van der Waals surface area contributed by atoms with Crippen molar-refractivity contribution in [2.75, 3.05) is 46.2 Å². The molecule has 0 aliphatic carbocycles. The van der Waals surface area contributed by atoms with Gasteiger partial charge < -0.3 is 44.5 Å². The fourth-order valence-corrected chi connectivity index (χ4v) is 8.20.